The molecule has 128 valence electrons. The van der Waals surface area contributed by atoms with Gasteiger partial charge >= 0.3 is 5.63 Å². The van der Waals surface area contributed by atoms with E-state index >= 15 is 0 Å². The Morgan fingerprint density at radius 3 is 2.48 bits per heavy atom. The maximum absolute atomic E-state index is 11.9. The first-order chi connectivity index (χ1) is 12.0. The van der Waals surface area contributed by atoms with Gasteiger partial charge in [-0.15, -0.1) is 0 Å². The number of nitrogens with zero attached hydrogens (tertiary/aromatic N) is 1. The van der Waals surface area contributed by atoms with Crippen LogP contribution in [0.25, 0.3) is 22.1 Å². The van der Waals surface area contributed by atoms with E-state index in [1.165, 1.54) is 11.0 Å². The zero-order valence-corrected chi connectivity index (χ0v) is 14.4. The average molecular weight is 337 g/mol. The van der Waals surface area contributed by atoms with Crippen LogP contribution in [-0.2, 0) is 4.79 Å². The summed E-state index contributed by atoms with van der Waals surface area (Å²) in [6.07, 6.45) is -0.628. The van der Waals surface area contributed by atoms with Crippen LogP contribution in [0.1, 0.15) is 6.92 Å². The van der Waals surface area contributed by atoms with E-state index in [0.29, 0.717) is 11.3 Å². The molecule has 0 saturated carbocycles. The highest BCUT2D eigenvalue weighted by Crippen LogP contribution is 2.29. The van der Waals surface area contributed by atoms with Crippen LogP contribution < -0.4 is 10.4 Å². The number of amides is 1. The number of benzene rings is 2. The second kappa shape index (κ2) is 6.81. The van der Waals surface area contributed by atoms with E-state index in [9.17, 15) is 9.59 Å². The van der Waals surface area contributed by atoms with Crippen molar-refractivity contribution < 1.29 is 13.9 Å². The topological polar surface area (TPSA) is 59.8 Å². The largest absolute Gasteiger partial charge is 0.481 e. The predicted molar refractivity (Wildman–Crippen MR) is 96.7 cm³/mol. The minimum Gasteiger partial charge on any atom is -0.481 e. The molecule has 5 heteroatoms. The molecule has 0 fully saturated rings. The molecule has 1 atom stereocenters. The fourth-order valence-corrected chi connectivity index (χ4v) is 2.69. The van der Waals surface area contributed by atoms with Crippen molar-refractivity contribution in [1.82, 2.24) is 4.90 Å². The van der Waals surface area contributed by atoms with E-state index in [0.717, 1.165) is 16.5 Å². The molecule has 1 aromatic heterocycles. The van der Waals surface area contributed by atoms with Crippen LogP contribution in [0.2, 0.25) is 0 Å². The Labute approximate surface area is 145 Å². The smallest absolute Gasteiger partial charge is 0.336 e. The van der Waals surface area contributed by atoms with Crippen LogP contribution in [0.5, 0.6) is 5.75 Å². The maximum Gasteiger partial charge on any atom is 0.336 e. The first-order valence-electron chi connectivity index (χ1n) is 7.97. The fraction of sp³-hybridized carbons (Fsp3) is 0.200. The number of rotatable bonds is 4. The van der Waals surface area contributed by atoms with E-state index in [2.05, 4.69) is 0 Å². The van der Waals surface area contributed by atoms with Gasteiger partial charge in [0.05, 0.1) is 0 Å². The Morgan fingerprint density at radius 2 is 1.80 bits per heavy atom. The molecule has 2 aromatic carbocycles. The second-order valence-electron chi connectivity index (χ2n) is 6.00. The third-order valence-electron chi connectivity index (χ3n) is 3.90. The lowest BCUT2D eigenvalue weighted by atomic mass is 10.0. The van der Waals surface area contributed by atoms with Crippen molar-refractivity contribution in [3.63, 3.8) is 0 Å². The number of fused-ring (bicyclic) bond motifs is 1. The number of likely N-dealkylation sites (N-methyl/N-ethyl adjacent to an activating group) is 1. The summed E-state index contributed by atoms with van der Waals surface area (Å²) >= 11 is 0. The average Bonchev–Trinajstić information content (AvgIpc) is 2.60. The highest BCUT2D eigenvalue weighted by atomic mass is 16.5. The van der Waals surface area contributed by atoms with Crippen LogP contribution in [0.15, 0.2) is 63.8 Å². The van der Waals surface area contributed by atoms with Gasteiger partial charge in [-0.1, -0.05) is 30.3 Å². The van der Waals surface area contributed by atoms with Crippen LogP contribution in [0.3, 0.4) is 0 Å². The van der Waals surface area contributed by atoms with E-state index in [4.69, 9.17) is 9.15 Å². The van der Waals surface area contributed by atoms with Gasteiger partial charge in [-0.25, -0.2) is 4.79 Å². The summed E-state index contributed by atoms with van der Waals surface area (Å²) in [6, 6.07) is 16.4. The summed E-state index contributed by atoms with van der Waals surface area (Å²) in [7, 11) is 3.35. The van der Waals surface area contributed by atoms with Crippen molar-refractivity contribution in [1.29, 1.82) is 0 Å². The van der Waals surface area contributed by atoms with Crippen molar-refractivity contribution >= 4 is 16.9 Å². The molecule has 1 amide bonds. The molecule has 0 N–H and O–H groups in total. The lowest BCUT2D eigenvalue weighted by Crippen LogP contribution is -2.35. The van der Waals surface area contributed by atoms with Crippen LogP contribution in [0, 0.1) is 0 Å². The molecule has 0 radical (unpaired) electrons. The van der Waals surface area contributed by atoms with Gasteiger partial charge in [0.1, 0.15) is 11.3 Å². The van der Waals surface area contributed by atoms with Gasteiger partial charge in [0.15, 0.2) is 6.10 Å². The van der Waals surface area contributed by atoms with Gasteiger partial charge in [-0.3, -0.25) is 4.79 Å². The summed E-state index contributed by atoms with van der Waals surface area (Å²) in [5, 5.41) is 0.810. The lowest BCUT2D eigenvalue weighted by molar-refractivity contribution is -0.135. The number of carbonyl (C=O) groups excluding carboxylic acids is 1. The zero-order chi connectivity index (χ0) is 18.0. The number of hydrogen-bond acceptors (Lipinski definition) is 4. The standard InChI is InChI=1S/C20H19NO4/c1-13(20(23)21(2)3)24-15-9-10-16-17(14-7-5-4-6-8-14)12-19(22)25-18(16)11-15/h4-13H,1-3H3. The van der Waals surface area contributed by atoms with Crippen LogP contribution in [0.4, 0.5) is 0 Å². The van der Waals surface area contributed by atoms with Crippen molar-refractivity contribution in [2.45, 2.75) is 13.0 Å². The third kappa shape index (κ3) is 3.55. The highest BCUT2D eigenvalue weighted by molar-refractivity contribution is 5.93. The number of ether oxygens (including phenoxy) is 1. The van der Waals surface area contributed by atoms with E-state index in [1.54, 1.807) is 33.2 Å². The molecule has 25 heavy (non-hydrogen) atoms. The SMILES string of the molecule is CC(Oc1ccc2c(-c3ccccc3)cc(=O)oc2c1)C(=O)N(C)C. The van der Waals surface area contributed by atoms with E-state index < -0.39 is 11.7 Å². The number of carbonyl (C=O) groups is 1. The van der Waals surface area contributed by atoms with Gasteiger partial charge in [0.2, 0.25) is 0 Å². The molecule has 0 saturated heterocycles. The molecular weight excluding hydrogens is 318 g/mol. The summed E-state index contributed by atoms with van der Waals surface area (Å²) in [5.74, 6) is 0.336. The van der Waals surface area contributed by atoms with E-state index in [1.807, 2.05) is 36.4 Å². The fourth-order valence-electron chi connectivity index (χ4n) is 2.69. The Balaban J connectivity index is 2.02. The minimum atomic E-state index is -0.628. The predicted octanol–water partition coefficient (Wildman–Crippen LogP) is 3.32. The van der Waals surface area contributed by atoms with Gasteiger partial charge in [-0.05, 0) is 30.2 Å². The summed E-state index contributed by atoms with van der Waals surface area (Å²) in [4.78, 5) is 25.3. The Hall–Kier alpha value is -3.08. The second-order valence-corrected chi connectivity index (χ2v) is 6.00. The molecule has 3 aromatic rings. The summed E-state index contributed by atoms with van der Waals surface area (Å²) < 4.78 is 11.0. The highest BCUT2D eigenvalue weighted by Gasteiger charge is 2.17. The molecule has 0 aliphatic rings. The van der Waals surface area contributed by atoms with E-state index in [-0.39, 0.29) is 5.91 Å². The lowest BCUT2D eigenvalue weighted by Gasteiger charge is -2.18. The molecule has 1 heterocycles. The summed E-state index contributed by atoms with van der Waals surface area (Å²) in [6.45, 7) is 1.68. The molecule has 5 nitrogen and oxygen atoms in total. The van der Waals surface area contributed by atoms with Crippen molar-refractivity contribution in [2.75, 3.05) is 14.1 Å². The molecule has 0 bridgehead atoms. The van der Waals surface area contributed by atoms with Gasteiger partial charge in [0, 0.05) is 31.6 Å². The number of hydrogen-bond donors (Lipinski definition) is 0. The van der Waals surface area contributed by atoms with Crippen LogP contribution in [-0.4, -0.2) is 31.0 Å². The maximum atomic E-state index is 11.9. The van der Waals surface area contributed by atoms with Crippen molar-refractivity contribution in [2.24, 2.45) is 0 Å². The monoisotopic (exact) mass is 337 g/mol. The van der Waals surface area contributed by atoms with Crippen LogP contribution >= 0.6 is 0 Å². The molecule has 3 rings (SSSR count). The molecule has 1 unspecified atom stereocenters. The molecule has 0 aliphatic carbocycles. The normalized spacial score (nSPS) is 12.0. The van der Waals surface area contributed by atoms with Gasteiger partial charge < -0.3 is 14.1 Å². The Morgan fingerprint density at radius 1 is 1.08 bits per heavy atom. The van der Waals surface area contributed by atoms with Crippen molar-refractivity contribution in [3.05, 3.63) is 65.0 Å². The minimum absolute atomic E-state index is 0.139. The zero-order valence-electron chi connectivity index (χ0n) is 14.4. The molecule has 0 spiro atoms. The first kappa shape index (κ1) is 16.8. The Bertz CT molecular complexity index is 960. The van der Waals surface area contributed by atoms with Crippen molar-refractivity contribution in [3.8, 4) is 16.9 Å². The molecular formula is C20H19NO4. The summed E-state index contributed by atoms with van der Waals surface area (Å²) in [5.41, 5.74) is 1.73. The molecule has 0 aliphatic heterocycles. The first-order valence-corrected chi connectivity index (χ1v) is 7.97. The van der Waals surface area contributed by atoms with Gasteiger partial charge in [-0.2, -0.15) is 0 Å². The van der Waals surface area contributed by atoms with Gasteiger partial charge in [0.25, 0.3) is 5.91 Å². The Kier molecular flexibility index (Phi) is 4.57. The third-order valence-corrected chi connectivity index (χ3v) is 3.90. The quantitative estimate of drug-likeness (QED) is 0.685.